The standard InChI is InChI=1S/C21H24N4S/c1-17-15-19(7-9-22-17)20-16-21(26-23-20)25-13-11-24(12-14-25)10-8-18-5-3-2-4-6-18/h2-7,9,15-16H,8,10-14H2,1H3. The van der Waals surface area contributed by atoms with Gasteiger partial charge >= 0.3 is 0 Å². The first-order chi connectivity index (χ1) is 12.8. The van der Waals surface area contributed by atoms with Crippen LogP contribution in [0.2, 0.25) is 0 Å². The Bertz CT molecular complexity index is 838. The lowest BCUT2D eigenvalue weighted by Gasteiger charge is -2.35. The first kappa shape index (κ1) is 17.2. The molecule has 0 spiro atoms. The summed E-state index contributed by atoms with van der Waals surface area (Å²) in [6.07, 6.45) is 2.99. The minimum Gasteiger partial charge on any atom is -0.360 e. The van der Waals surface area contributed by atoms with Crippen LogP contribution in [0.3, 0.4) is 0 Å². The maximum absolute atomic E-state index is 4.66. The highest BCUT2D eigenvalue weighted by Gasteiger charge is 2.19. The molecule has 3 heterocycles. The number of rotatable bonds is 5. The zero-order chi connectivity index (χ0) is 17.8. The number of nitrogens with zero attached hydrogens (tertiary/aromatic N) is 4. The fourth-order valence-electron chi connectivity index (χ4n) is 3.38. The molecule has 134 valence electrons. The molecule has 0 unspecified atom stereocenters. The van der Waals surface area contributed by atoms with Crippen molar-refractivity contribution in [1.82, 2.24) is 14.3 Å². The molecule has 1 aliphatic rings. The summed E-state index contributed by atoms with van der Waals surface area (Å²) >= 11 is 1.61. The van der Waals surface area contributed by atoms with E-state index in [4.69, 9.17) is 0 Å². The second-order valence-electron chi connectivity index (χ2n) is 6.80. The second kappa shape index (κ2) is 7.98. The predicted molar refractivity (Wildman–Crippen MR) is 109 cm³/mol. The molecule has 0 radical (unpaired) electrons. The van der Waals surface area contributed by atoms with Crippen molar-refractivity contribution >= 4 is 16.5 Å². The average Bonchev–Trinajstić information content (AvgIpc) is 3.18. The third kappa shape index (κ3) is 4.11. The van der Waals surface area contributed by atoms with Gasteiger partial charge in [-0.05, 0) is 42.6 Å². The van der Waals surface area contributed by atoms with Gasteiger partial charge in [0.05, 0.1) is 5.69 Å². The van der Waals surface area contributed by atoms with Crippen LogP contribution in [0.4, 0.5) is 5.00 Å². The Morgan fingerprint density at radius 3 is 2.58 bits per heavy atom. The first-order valence-corrected chi connectivity index (χ1v) is 9.96. The number of piperazine rings is 1. The van der Waals surface area contributed by atoms with E-state index in [1.807, 2.05) is 19.2 Å². The van der Waals surface area contributed by atoms with E-state index >= 15 is 0 Å². The van der Waals surface area contributed by atoms with Gasteiger partial charge < -0.3 is 4.90 Å². The fourth-order valence-corrected chi connectivity index (χ4v) is 4.19. The highest BCUT2D eigenvalue weighted by molar-refractivity contribution is 7.10. The van der Waals surface area contributed by atoms with E-state index in [9.17, 15) is 0 Å². The van der Waals surface area contributed by atoms with E-state index in [2.05, 4.69) is 61.6 Å². The molecule has 0 amide bonds. The Hall–Kier alpha value is -2.24. The third-order valence-corrected chi connectivity index (χ3v) is 5.78. The number of aromatic nitrogens is 2. The minimum absolute atomic E-state index is 1.03. The number of hydrogen-bond donors (Lipinski definition) is 0. The molecule has 0 N–H and O–H groups in total. The lowest BCUT2D eigenvalue weighted by molar-refractivity contribution is 0.261. The Kier molecular flexibility index (Phi) is 5.27. The van der Waals surface area contributed by atoms with Crippen LogP contribution in [0.15, 0.2) is 54.7 Å². The maximum Gasteiger partial charge on any atom is 0.112 e. The molecule has 0 atom stereocenters. The molecule has 1 aliphatic heterocycles. The van der Waals surface area contributed by atoms with Gasteiger partial charge in [0, 0.05) is 56.2 Å². The zero-order valence-corrected chi connectivity index (χ0v) is 16.0. The second-order valence-corrected chi connectivity index (χ2v) is 7.58. The predicted octanol–water partition coefficient (Wildman–Crippen LogP) is 3.88. The SMILES string of the molecule is Cc1cc(-c2cc(N3CCN(CCc4ccccc4)CC3)sn2)ccn1. The number of pyridine rings is 1. The third-order valence-electron chi connectivity index (χ3n) is 4.93. The maximum atomic E-state index is 4.66. The molecule has 1 saturated heterocycles. The van der Waals surface area contributed by atoms with Gasteiger partial charge in [-0.15, -0.1) is 0 Å². The van der Waals surface area contributed by atoms with Crippen LogP contribution in [-0.4, -0.2) is 47.0 Å². The number of anilines is 1. The molecule has 2 aromatic heterocycles. The lowest BCUT2D eigenvalue weighted by atomic mass is 10.1. The van der Waals surface area contributed by atoms with E-state index in [0.717, 1.165) is 56.1 Å². The minimum atomic E-state index is 1.03. The summed E-state index contributed by atoms with van der Waals surface area (Å²) in [4.78, 5) is 9.30. The van der Waals surface area contributed by atoms with Gasteiger partial charge in [0.25, 0.3) is 0 Å². The van der Waals surface area contributed by atoms with Gasteiger partial charge in [0.15, 0.2) is 0 Å². The van der Waals surface area contributed by atoms with Crippen LogP contribution >= 0.6 is 11.5 Å². The van der Waals surface area contributed by atoms with Crippen molar-refractivity contribution in [3.63, 3.8) is 0 Å². The average molecular weight is 365 g/mol. The van der Waals surface area contributed by atoms with Crippen molar-refractivity contribution in [2.45, 2.75) is 13.3 Å². The van der Waals surface area contributed by atoms with Gasteiger partial charge in [-0.3, -0.25) is 9.88 Å². The topological polar surface area (TPSA) is 32.3 Å². The zero-order valence-electron chi connectivity index (χ0n) is 15.1. The van der Waals surface area contributed by atoms with Crippen LogP contribution in [0.5, 0.6) is 0 Å². The van der Waals surface area contributed by atoms with Crippen LogP contribution < -0.4 is 4.90 Å². The first-order valence-electron chi connectivity index (χ1n) is 9.19. The van der Waals surface area contributed by atoms with E-state index < -0.39 is 0 Å². The quantitative estimate of drug-likeness (QED) is 0.688. The van der Waals surface area contributed by atoms with Gasteiger partial charge in [-0.2, -0.15) is 4.37 Å². The summed E-state index contributed by atoms with van der Waals surface area (Å²) in [5, 5.41) is 1.28. The van der Waals surface area contributed by atoms with Gasteiger partial charge in [-0.1, -0.05) is 30.3 Å². The summed E-state index contributed by atoms with van der Waals surface area (Å²) in [7, 11) is 0. The van der Waals surface area contributed by atoms with Gasteiger partial charge in [-0.25, -0.2) is 0 Å². The molecule has 0 aliphatic carbocycles. The van der Waals surface area contributed by atoms with E-state index in [-0.39, 0.29) is 0 Å². The summed E-state index contributed by atoms with van der Waals surface area (Å²) in [5.41, 5.74) is 4.67. The molecule has 0 saturated carbocycles. The van der Waals surface area contributed by atoms with E-state index in [1.165, 1.54) is 10.6 Å². The van der Waals surface area contributed by atoms with Crippen LogP contribution in [-0.2, 0) is 6.42 Å². The van der Waals surface area contributed by atoms with E-state index in [1.54, 1.807) is 11.5 Å². The molecule has 26 heavy (non-hydrogen) atoms. The fraction of sp³-hybridized carbons (Fsp3) is 0.333. The van der Waals surface area contributed by atoms with Gasteiger partial charge in [0.2, 0.25) is 0 Å². The Morgan fingerprint density at radius 1 is 1.00 bits per heavy atom. The van der Waals surface area contributed by atoms with Crippen molar-refractivity contribution in [3.05, 3.63) is 66.0 Å². The largest absolute Gasteiger partial charge is 0.360 e. The van der Waals surface area contributed by atoms with Crippen LogP contribution in [0.1, 0.15) is 11.3 Å². The molecule has 0 bridgehead atoms. The monoisotopic (exact) mass is 364 g/mol. The Labute approximate surface area is 159 Å². The summed E-state index contributed by atoms with van der Waals surface area (Å²) in [6, 6.07) is 17.1. The Balaban J connectivity index is 1.32. The highest BCUT2D eigenvalue weighted by atomic mass is 32.1. The number of aryl methyl sites for hydroxylation is 1. The number of benzene rings is 1. The van der Waals surface area contributed by atoms with Crippen molar-refractivity contribution in [3.8, 4) is 11.3 Å². The smallest absolute Gasteiger partial charge is 0.112 e. The molecule has 5 heteroatoms. The molecular weight excluding hydrogens is 340 g/mol. The molecule has 4 rings (SSSR count). The molecule has 4 nitrogen and oxygen atoms in total. The number of hydrogen-bond acceptors (Lipinski definition) is 5. The van der Waals surface area contributed by atoms with Crippen molar-refractivity contribution in [1.29, 1.82) is 0 Å². The molecule has 1 aromatic carbocycles. The Morgan fingerprint density at radius 2 is 1.81 bits per heavy atom. The lowest BCUT2D eigenvalue weighted by Crippen LogP contribution is -2.46. The summed E-state index contributed by atoms with van der Waals surface area (Å²) in [5.74, 6) is 0. The van der Waals surface area contributed by atoms with Crippen molar-refractivity contribution in [2.24, 2.45) is 0 Å². The van der Waals surface area contributed by atoms with Crippen LogP contribution in [0, 0.1) is 6.92 Å². The molecule has 3 aromatic rings. The van der Waals surface area contributed by atoms with Crippen molar-refractivity contribution in [2.75, 3.05) is 37.6 Å². The van der Waals surface area contributed by atoms with Gasteiger partial charge in [0.1, 0.15) is 5.00 Å². The van der Waals surface area contributed by atoms with E-state index in [0.29, 0.717) is 0 Å². The summed E-state index contributed by atoms with van der Waals surface area (Å²) < 4.78 is 4.66. The molecular formula is C21H24N4S. The molecule has 1 fully saturated rings. The van der Waals surface area contributed by atoms with Crippen LogP contribution in [0.25, 0.3) is 11.3 Å². The van der Waals surface area contributed by atoms with Crippen molar-refractivity contribution < 1.29 is 0 Å². The summed E-state index contributed by atoms with van der Waals surface area (Å²) in [6.45, 7) is 7.55. The normalized spacial score (nSPS) is 15.3. The highest BCUT2D eigenvalue weighted by Crippen LogP contribution is 2.29.